The third-order valence-electron chi connectivity index (χ3n) is 3.70. The zero-order valence-corrected chi connectivity index (χ0v) is 17.4. The van der Waals surface area contributed by atoms with E-state index in [4.69, 9.17) is 11.6 Å². The van der Waals surface area contributed by atoms with E-state index in [1.165, 1.54) is 23.3 Å². The molecule has 0 unspecified atom stereocenters. The van der Waals surface area contributed by atoms with Crippen LogP contribution in [0.2, 0.25) is 5.02 Å². The van der Waals surface area contributed by atoms with Gasteiger partial charge in [-0.25, -0.2) is 9.97 Å². The van der Waals surface area contributed by atoms with Crippen LogP contribution in [0, 0.1) is 6.92 Å². The van der Waals surface area contributed by atoms with Crippen molar-refractivity contribution in [1.29, 1.82) is 0 Å². The molecule has 3 aromatic rings. The van der Waals surface area contributed by atoms with Crippen LogP contribution in [0.5, 0.6) is 0 Å². The number of nitrogens with one attached hydrogen (secondary N) is 3. The van der Waals surface area contributed by atoms with E-state index in [0.717, 1.165) is 21.8 Å². The van der Waals surface area contributed by atoms with Gasteiger partial charge < -0.3 is 15.4 Å². The molecule has 0 aliphatic heterocycles. The molecule has 1 amide bonds. The fourth-order valence-electron chi connectivity index (χ4n) is 2.44. The molecule has 27 heavy (non-hydrogen) atoms. The van der Waals surface area contributed by atoms with Crippen molar-refractivity contribution in [2.24, 2.45) is 0 Å². The van der Waals surface area contributed by atoms with Crippen molar-refractivity contribution in [1.82, 2.24) is 9.97 Å². The molecule has 6 nitrogen and oxygen atoms in total. The van der Waals surface area contributed by atoms with Crippen LogP contribution >= 0.6 is 34.9 Å². The first-order valence-electron chi connectivity index (χ1n) is 8.01. The molecule has 1 aromatic carbocycles. The summed E-state index contributed by atoms with van der Waals surface area (Å²) in [6.45, 7) is 1.95. The number of carbonyl (C=O) groups is 1. The van der Waals surface area contributed by atoms with Gasteiger partial charge in [0.05, 0.1) is 23.0 Å². The molecular weight excluding hydrogens is 402 g/mol. The van der Waals surface area contributed by atoms with Gasteiger partial charge in [-0.15, -0.1) is 11.3 Å². The van der Waals surface area contributed by atoms with Crippen molar-refractivity contribution in [3.05, 3.63) is 51.4 Å². The Morgan fingerprint density at radius 1 is 1.11 bits per heavy atom. The summed E-state index contributed by atoms with van der Waals surface area (Å²) in [5, 5.41) is 6.43. The predicted molar refractivity (Wildman–Crippen MR) is 116 cm³/mol. The lowest BCUT2D eigenvalue weighted by Crippen LogP contribution is -2.10. The lowest BCUT2D eigenvalue weighted by molar-refractivity contribution is 0.103. The molecule has 0 fully saturated rings. The van der Waals surface area contributed by atoms with Crippen LogP contribution < -0.4 is 15.4 Å². The summed E-state index contributed by atoms with van der Waals surface area (Å²) in [7, 11) is 1.81. The fraction of sp³-hybridized carbons (Fsp3) is 0.167. The highest BCUT2D eigenvalue weighted by molar-refractivity contribution is 7.99. The van der Waals surface area contributed by atoms with Crippen molar-refractivity contribution in [2.45, 2.75) is 6.92 Å². The largest absolute Gasteiger partial charge is 0.386 e. The van der Waals surface area contributed by atoms with Crippen molar-refractivity contribution >= 4 is 57.9 Å². The normalized spacial score (nSPS) is 10.5. The van der Waals surface area contributed by atoms with Crippen LogP contribution in [0.1, 0.15) is 14.5 Å². The molecular formula is C18H18ClN5OS2. The second kappa shape index (κ2) is 8.60. The zero-order valence-electron chi connectivity index (χ0n) is 15.0. The van der Waals surface area contributed by atoms with Gasteiger partial charge in [-0.1, -0.05) is 23.5 Å². The average molecular weight is 420 g/mol. The molecule has 2 heterocycles. The van der Waals surface area contributed by atoms with Crippen LogP contribution in [-0.2, 0) is 0 Å². The number of nitrogens with zero attached hydrogens (tertiary/aromatic N) is 2. The number of halogens is 1. The Balaban J connectivity index is 1.81. The molecule has 0 aliphatic rings. The van der Waals surface area contributed by atoms with Crippen molar-refractivity contribution in [3.8, 4) is 11.4 Å². The van der Waals surface area contributed by atoms with E-state index in [-0.39, 0.29) is 5.91 Å². The Hall–Kier alpha value is -2.29. The molecule has 140 valence electrons. The van der Waals surface area contributed by atoms with E-state index in [9.17, 15) is 4.79 Å². The summed E-state index contributed by atoms with van der Waals surface area (Å²) < 4.78 is 3.11. The number of thiophene rings is 1. The highest BCUT2D eigenvalue weighted by Gasteiger charge is 2.16. The third kappa shape index (κ3) is 4.71. The maximum atomic E-state index is 12.7. The minimum absolute atomic E-state index is 0.196. The Kier molecular flexibility index (Phi) is 6.20. The number of aryl methyl sites for hydroxylation is 1. The van der Waals surface area contributed by atoms with Gasteiger partial charge in [0.15, 0.2) is 5.82 Å². The number of benzene rings is 1. The van der Waals surface area contributed by atoms with Crippen molar-refractivity contribution in [3.63, 3.8) is 0 Å². The number of anilines is 3. The van der Waals surface area contributed by atoms with Crippen LogP contribution in [0.4, 0.5) is 17.1 Å². The number of rotatable bonds is 6. The van der Waals surface area contributed by atoms with E-state index in [1.807, 2.05) is 32.4 Å². The minimum Gasteiger partial charge on any atom is -0.386 e. The second-order valence-corrected chi connectivity index (χ2v) is 7.92. The van der Waals surface area contributed by atoms with E-state index in [2.05, 4.69) is 25.3 Å². The van der Waals surface area contributed by atoms with E-state index >= 15 is 0 Å². The summed E-state index contributed by atoms with van der Waals surface area (Å²) in [5.74, 6) is 0.398. The lowest BCUT2D eigenvalue weighted by atomic mass is 10.2. The molecule has 0 saturated heterocycles. The van der Waals surface area contributed by atoms with E-state index in [0.29, 0.717) is 21.4 Å². The fourth-order valence-corrected chi connectivity index (χ4v) is 3.94. The Bertz CT molecular complexity index is 959. The first-order valence-corrected chi connectivity index (χ1v) is 10.4. The van der Waals surface area contributed by atoms with Gasteiger partial charge in [-0.3, -0.25) is 4.79 Å². The topological polar surface area (TPSA) is 78.9 Å². The van der Waals surface area contributed by atoms with Gasteiger partial charge in [0.25, 0.3) is 5.91 Å². The molecule has 3 rings (SSSR count). The van der Waals surface area contributed by atoms with E-state index < -0.39 is 0 Å². The first-order chi connectivity index (χ1) is 13.0. The molecule has 0 radical (unpaired) electrons. The molecule has 0 saturated carbocycles. The van der Waals surface area contributed by atoms with Gasteiger partial charge in [-0.05, 0) is 31.2 Å². The van der Waals surface area contributed by atoms with Crippen molar-refractivity contribution < 1.29 is 4.79 Å². The zero-order chi connectivity index (χ0) is 19.4. The standard InChI is InChI=1S/C18H18ClN5OS2/c1-10-15(17-21-8-14(20-2)9-22-17)7-16(27-10)18(25)23-12-4-11(19)5-13(6-12)24-26-3/h4-9,20,24H,1-3H3,(H,23,25). The summed E-state index contributed by atoms with van der Waals surface area (Å²) in [5.41, 5.74) is 3.14. The van der Waals surface area contributed by atoms with Gasteiger partial charge in [0.2, 0.25) is 0 Å². The van der Waals surface area contributed by atoms with Gasteiger partial charge in [0, 0.05) is 40.1 Å². The number of hydrogen-bond acceptors (Lipinski definition) is 7. The van der Waals surface area contributed by atoms with Crippen LogP contribution in [0.15, 0.2) is 36.7 Å². The highest BCUT2D eigenvalue weighted by Crippen LogP contribution is 2.30. The Morgan fingerprint density at radius 2 is 1.81 bits per heavy atom. The maximum Gasteiger partial charge on any atom is 0.265 e. The van der Waals surface area contributed by atoms with Crippen LogP contribution in [0.3, 0.4) is 0 Å². The maximum absolute atomic E-state index is 12.7. The number of carbonyl (C=O) groups excluding carboxylic acids is 1. The number of aromatic nitrogens is 2. The minimum atomic E-state index is -0.196. The Labute approximate surface area is 170 Å². The van der Waals surface area contributed by atoms with Gasteiger partial charge >= 0.3 is 0 Å². The molecule has 0 spiro atoms. The van der Waals surface area contributed by atoms with Crippen LogP contribution in [0.25, 0.3) is 11.4 Å². The van der Waals surface area contributed by atoms with E-state index in [1.54, 1.807) is 24.5 Å². The molecule has 9 heteroatoms. The summed E-state index contributed by atoms with van der Waals surface area (Å²) in [6, 6.07) is 7.16. The number of amides is 1. The quantitative estimate of drug-likeness (QED) is 0.479. The molecule has 0 aliphatic carbocycles. The smallest absolute Gasteiger partial charge is 0.265 e. The van der Waals surface area contributed by atoms with Gasteiger partial charge in [-0.2, -0.15) is 0 Å². The molecule has 3 N–H and O–H groups in total. The lowest BCUT2D eigenvalue weighted by Gasteiger charge is -2.08. The average Bonchev–Trinajstić information content (AvgIpc) is 3.03. The van der Waals surface area contributed by atoms with Gasteiger partial charge in [0.1, 0.15) is 0 Å². The monoisotopic (exact) mass is 419 g/mol. The highest BCUT2D eigenvalue weighted by atomic mass is 35.5. The SMILES string of the molecule is CNc1cnc(-c2cc(C(=O)Nc3cc(Cl)cc(NSC)c3)sc2C)nc1. The predicted octanol–water partition coefficient (Wildman–Crippen LogP) is 5.15. The second-order valence-electron chi connectivity index (χ2n) is 5.61. The molecule has 0 atom stereocenters. The summed E-state index contributed by atoms with van der Waals surface area (Å²) in [4.78, 5) is 22.9. The van der Waals surface area contributed by atoms with Crippen molar-refractivity contribution in [2.75, 3.05) is 28.7 Å². The molecule has 0 bridgehead atoms. The third-order valence-corrected chi connectivity index (χ3v) is 5.41. The number of hydrogen-bond donors (Lipinski definition) is 3. The first kappa shape index (κ1) is 19.5. The van der Waals surface area contributed by atoms with Crippen LogP contribution in [-0.4, -0.2) is 29.2 Å². The summed E-state index contributed by atoms with van der Waals surface area (Å²) >= 11 is 8.99. The molecule has 2 aromatic heterocycles. The summed E-state index contributed by atoms with van der Waals surface area (Å²) in [6.07, 6.45) is 5.34. The Morgan fingerprint density at radius 3 is 2.48 bits per heavy atom.